The van der Waals surface area contributed by atoms with Gasteiger partial charge in [0, 0.05) is 5.39 Å². The first-order valence-electron chi connectivity index (χ1n) is 11.3. The third kappa shape index (κ3) is 5.11. The van der Waals surface area contributed by atoms with Crippen LogP contribution in [-0.4, -0.2) is 34.4 Å². The topological polar surface area (TPSA) is 70.4 Å². The maximum Gasteiger partial charge on any atom is 0.348 e. The van der Waals surface area contributed by atoms with Gasteiger partial charge in [-0.05, 0) is 67.9 Å². The number of aromatic nitrogens is 2. The van der Waals surface area contributed by atoms with Gasteiger partial charge in [0.15, 0.2) is 6.61 Å². The number of hydrogen-bond donors (Lipinski definition) is 0. The number of thiophene rings is 1. The molecule has 2 heterocycles. The molecule has 176 valence electrons. The highest BCUT2D eigenvalue weighted by Gasteiger charge is 2.33. The first kappa shape index (κ1) is 23.4. The molecule has 6 nitrogen and oxygen atoms in total. The summed E-state index contributed by atoms with van der Waals surface area (Å²) in [6.07, 6.45) is 2.90. The van der Waals surface area contributed by atoms with Crippen LogP contribution in [0.25, 0.3) is 15.9 Å². The first-order chi connectivity index (χ1) is 15.7. The monoisotopic (exact) mass is 472 g/mol. The quantitative estimate of drug-likeness (QED) is 0.431. The van der Waals surface area contributed by atoms with Crippen LogP contribution in [-0.2, 0) is 14.3 Å². The molecule has 0 amide bonds. The number of hydrogen-bond acceptors (Lipinski definition) is 6. The zero-order chi connectivity index (χ0) is 23.7. The average Bonchev–Trinajstić information content (AvgIpc) is 3.33. The van der Waals surface area contributed by atoms with Gasteiger partial charge in [0.05, 0.1) is 11.4 Å². The van der Waals surface area contributed by atoms with Crippen molar-refractivity contribution in [2.45, 2.75) is 53.1 Å². The second-order valence-corrected chi connectivity index (χ2v) is 10.3. The molecule has 4 rings (SSSR count). The van der Waals surface area contributed by atoms with E-state index < -0.39 is 18.5 Å². The molecule has 3 atom stereocenters. The van der Waals surface area contributed by atoms with Crippen LogP contribution < -0.4 is 0 Å². The Kier molecular flexibility index (Phi) is 6.83. The summed E-state index contributed by atoms with van der Waals surface area (Å²) in [7, 11) is 0. The number of fused-ring (bicyclic) bond motifs is 1. The number of ether oxygens (including phenoxy) is 2. The smallest absolute Gasteiger partial charge is 0.348 e. The second kappa shape index (κ2) is 9.63. The average molecular weight is 473 g/mol. The van der Waals surface area contributed by atoms with Crippen LogP contribution in [0.2, 0.25) is 0 Å². The van der Waals surface area contributed by atoms with Crippen molar-refractivity contribution in [1.82, 2.24) is 9.78 Å². The molecule has 0 N–H and O–H groups in total. The molecule has 3 unspecified atom stereocenters. The Hall–Kier alpha value is -2.74. The summed E-state index contributed by atoms with van der Waals surface area (Å²) in [4.78, 5) is 26.2. The van der Waals surface area contributed by atoms with E-state index in [2.05, 4.69) is 25.9 Å². The van der Waals surface area contributed by atoms with E-state index in [4.69, 9.17) is 9.47 Å². The van der Waals surface area contributed by atoms with E-state index in [0.29, 0.717) is 28.3 Å². The lowest BCUT2D eigenvalue weighted by Crippen LogP contribution is -2.36. The number of nitrogens with zero attached hydrogens (tertiary/aromatic N) is 2. The molecule has 0 saturated heterocycles. The fourth-order valence-corrected chi connectivity index (χ4v) is 5.63. The molecule has 1 saturated carbocycles. The summed E-state index contributed by atoms with van der Waals surface area (Å²) in [5.41, 5.74) is 1.44. The fourth-order valence-electron chi connectivity index (χ4n) is 4.55. The van der Waals surface area contributed by atoms with Crippen LogP contribution in [0.5, 0.6) is 0 Å². The van der Waals surface area contributed by atoms with Gasteiger partial charge >= 0.3 is 11.9 Å². The molecule has 33 heavy (non-hydrogen) atoms. The van der Waals surface area contributed by atoms with Gasteiger partial charge in [-0.25, -0.2) is 18.7 Å². The minimum atomic E-state index is -0.573. The number of carbonyl (C=O) groups is 2. The molecule has 8 heteroatoms. The number of carbonyl (C=O) groups excluding carboxylic acids is 2. The molecular formula is C25H29FN2O4S. The number of benzene rings is 1. The predicted octanol–water partition coefficient (Wildman–Crippen LogP) is 5.70. The van der Waals surface area contributed by atoms with E-state index in [0.717, 1.165) is 35.2 Å². The summed E-state index contributed by atoms with van der Waals surface area (Å²) < 4.78 is 25.9. The van der Waals surface area contributed by atoms with Crippen molar-refractivity contribution in [2.24, 2.45) is 17.8 Å². The lowest BCUT2D eigenvalue weighted by molar-refractivity contribution is -0.159. The number of halogens is 1. The Morgan fingerprint density at radius 1 is 1.24 bits per heavy atom. The summed E-state index contributed by atoms with van der Waals surface area (Å²) in [6, 6.07) is 7.71. The largest absolute Gasteiger partial charge is 0.460 e. The zero-order valence-electron chi connectivity index (χ0n) is 19.3. The lowest BCUT2D eigenvalue weighted by Gasteiger charge is -2.36. The fraction of sp³-hybridized carbons (Fsp3) is 0.480. The van der Waals surface area contributed by atoms with E-state index in [1.54, 1.807) is 22.9 Å². The van der Waals surface area contributed by atoms with Gasteiger partial charge in [0.2, 0.25) is 0 Å². The standard InChI is InChI=1S/C25H29FN2O4S/c1-14(2)19-10-5-15(3)11-21(19)32-23(29)13-31-25(30)22-12-20-16(4)27-28(24(20)33-22)18-8-6-17(26)7-9-18/h6-9,12,14-15,19,21H,5,10-11,13H2,1-4H3. The van der Waals surface area contributed by atoms with E-state index in [-0.39, 0.29) is 11.9 Å². The van der Waals surface area contributed by atoms with Crippen LogP contribution in [0.1, 0.15) is 55.4 Å². The van der Waals surface area contributed by atoms with Crippen LogP contribution in [0.15, 0.2) is 30.3 Å². The molecular weight excluding hydrogens is 443 g/mol. The minimum Gasteiger partial charge on any atom is -0.460 e. The predicted molar refractivity (Wildman–Crippen MR) is 125 cm³/mol. The van der Waals surface area contributed by atoms with Crippen molar-refractivity contribution in [3.05, 3.63) is 46.7 Å². The maximum atomic E-state index is 13.3. The molecule has 1 aliphatic rings. The molecule has 0 bridgehead atoms. The molecule has 3 aromatic rings. The van der Waals surface area contributed by atoms with Gasteiger partial charge in [0.25, 0.3) is 0 Å². The molecule has 1 aromatic carbocycles. The van der Waals surface area contributed by atoms with E-state index in [1.165, 1.54) is 23.5 Å². The maximum absolute atomic E-state index is 13.3. The molecule has 1 fully saturated rings. The minimum absolute atomic E-state index is 0.131. The Morgan fingerprint density at radius 2 is 1.97 bits per heavy atom. The van der Waals surface area contributed by atoms with Crippen LogP contribution >= 0.6 is 11.3 Å². The SMILES string of the molecule is Cc1nn(-c2ccc(F)cc2)c2sc(C(=O)OCC(=O)OC3CC(C)CCC3C(C)C)cc12. The van der Waals surface area contributed by atoms with Gasteiger partial charge in [-0.15, -0.1) is 11.3 Å². The molecule has 0 aliphatic heterocycles. The van der Waals surface area contributed by atoms with Crippen molar-refractivity contribution in [1.29, 1.82) is 0 Å². The number of aryl methyl sites for hydroxylation is 1. The van der Waals surface area contributed by atoms with Crippen molar-refractivity contribution >= 4 is 33.5 Å². The summed E-state index contributed by atoms with van der Waals surface area (Å²) in [5, 5.41) is 5.31. The van der Waals surface area contributed by atoms with Gasteiger partial charge in [-0.3, -0.25) is 0 Å². The Labute approximate surface area is 196 Å². The van der Waals surface area contributed by atoms with E-state index in [9.17, 15) is 14.0 Å². The van der Waals surface area contributed by atoms with Crippen LogP contribution in [0, 0.1) is 30.5 Å². The van der Waals surface area contributed by atoms with Crippen molar-refractivity contribution < 1.29 is 23.5 Å². The summed E-state index contributed by atoms with van der Waals surface area (Å²) in [6.45, 7) is 7.91. The van der Waals surface area contributed by atoms with Crippen molar-refractivity contribution in [3.8, 4) is 5.69 Å². The zero-order valence-corrected chi connectivity index (χ0v) is 20.2. The second-order valence-electron chi connectivity index (χ2n) is 9.23. The third-order valence-corrected chi connectivity index (χ3v) is 7.47. The van der Waals surface area contributed by atoms with Crippen LogP contribution in [0.3, 0.4) is 0 Å². The van der Waals surface area contributed by atoms with Crippen molar-refractivity contribution in [2.75, 3.05) is 6.61 Å². The Balaban J connectivity index is 1.42. The van der Waals surface area contributed by atoms with Crippen LogP contribution in [0.4, 0.5) is 4.39 Å². The van der Waals surface area contributed by atoms with Gasteiger partial charge < -0.3 is 9.47 Å². The van der Waals surface area contributed by atoms with Crippen molar-refractivity contribution in [3.63, 3.8) is 0 Å². The highest BCUT2D eigenvalue weighted by atomic mass is 32.1. The number of rotatable bonds is 6. The highest BCUT2D eigenvalue weighted by Crippen LogP contribution is 2.35. The molecule has 2 aromatic heterocycles. The Bertz CT molecular complexity index is 1150. The van der Waals surface area contributed by atoms with Gasteiger partial charge in [-0.2, -0.15) is 5.10 Å². The summed E-state index contributed by atoms with van der Waals surface area (Å²) >= 11 is 1.22. The lowest BCUT2D eigenvalue weighted by atomic mass is 9.75. The Morgan fingerprint density at radius 3 is 2.67 bits per heavy atom. The molecule has 0 radical (unpaired) electrons. The normalized spacial score (nSPS) is 20.8. The van der Waals surface area contributed by atoms with E-state index >= 15 is 0 Å². The molecule has 1 aliphatic carbocycles. The highest BCUT2D eigenvalue weighted by molar-refractivity contribution is 7.20. The summed E-state index contributed by atoms with van der Waals surface area (Å²) in [5.74, 6) is -0.133. The van der Waals surface area contributed by atoms with Gasteiger partial charge in [-0.1, -0.05) is 27.2 Å². The number of esters is 2. The van der Waals surface area contributed by atoms with Gasteiger partial charge in [0.1, 0.15) is 21.6 Å². The first-order valence-corrected chi connectivity index (χ1v) is 12.2. The third-order valence-electron chi connectivity index (χ3n) is 6.38. The molecule has 0 spiro atoms. The van der Waals surface area contributed by atoms with E-state index in [1.807, 2.05) is 6.92 Å².